The van der Waals surface area contributed by atoms with Crippen LogP contribution in [0.1, 0.15) is 15.9 Å². The molecule has 0 radical (unpaired) electrons. The van der Waals surface area contributed by atoms with Crippen LogP contribution in [0.4, 0.5) is 18.9 Å². The highest BCUT2D eigenvalue weighted by atomic mass is 32.2. The largest absolute Gasteiger partial charge is 0.416 e. The predicted molar refractivity (Wildman–Crippen MR) is 66.6 cm³/mol. The lowest BCUT2D eigenvalue weighted by atomic mass is 10.1. The van der Waals surface area contributed by atoms with Gasteiger partial charge in [0.15, 0.2) is 0 Å². The third-order valence-corrected chi connectivity index (χ3v) is 2.83. The second-order valence-corrected chi connectivity index (χ2v) is 4.53. The zero-order valence-corrected chi connectivity index (χ0v) is 10.5. The Balaban J connectivity index is 2.90. The molecule has 0 unspecified atom stereocenters. The number of halogens is 3. The first-order chi connectivity index (χ1) is 8.36. The van der Waals surface area contributed by atoms with Gasteiger partial charge in [-0.2, -0.15) is 24.9 Å². The molecule has 3 nitrogen and oxygen atoms in total. The van der Waals surface area contributed by atoms with Crippen LogP contribution in [-0.4, -0.2) is 24.5 Å². The highest BCUT2D eigenvalue weighted by Gasteiger charge is 2.31. The van der Waals surface area contributed by atoms with Crippen LogP contribution < -0.4 is 11.1 Å². The lowest BCUT2D eigenvalue weighted by molar-refractivity contribution is -0.137. The average Bonchev–Trinajstić information content (AvgIpc) is 2.28. The Morgan fingerprint density at radius 2 is 2.11 bits per heavy atom. The first-order valence-electron chi connectivity index (χ1n) is 5.10. The Labute approximate surface area is 107 Å². The zero-order chi connectivity index (χ0) is 13.8. The van der Waals surface area contributed by atoms with Gasteiger partial charge >= 0.3 is 6.18 Å². The number of alkyl halides is 3. The van der Waals surface area contributed by atoms with Gasteiger partial charge in [0.05, 0.1) is 11.1 Å². The lowest BCUT2D eigenvalue weighted by Crippen LogP contribution is -2.27. The van der Waals surface area contributed by atoms with Gasteiger partial charge in [0.25, 0.3) is 5.91 Å². The van der Waals surface area contributed by atoms with Gasteiger partial charge in [0.1, 0.15) is 0 Å². The molecular formula is C11H13F3N2OS. The van der Waals surface area contributed by atoms with Crippen LogP contribution in [0.2, 0.25) is 0 Å². The van der Waals surface area contributed by atoms with Crippen molar-refractivity contribution in [1.29, 1.82) is 0 Å². The molecule has 1 aromatic rings. The topological polar surface area (TPSA) is 55.1 Å². The number of carbonyl (C=O) groups excluding carboxylic acids is 1. The fraction of sp³-hybridized carbons (Fsp3) is 0.364. The van der Waals surface area contributed by atoms with E-state index in [2.05, 4.69) is 5.32 Å². The molecule has 0 spiro atoms. The number of thioether (sulfide) groups is 1. The van der Waals surface area contributed by atoms with E-state index in [4.69, 9.17) is 5.73 Å². The highest BCUT2D eigenvalue weighted by Crippen LogP contribution is 2.31. The van der Waals surface area contributed by atoms with E-state index in [9.17, 15) is 18.0 Å². The molecule has 3 N–H and O–H groups in total. The number of carbonyl (C=O) groups is 1. The summed E-state index contributed by atoms with van der Waals surface area (Å²) in [4.78, 5) is 11.7. The molecule has 1 rings (SSSR count). The molecule has 0 heterocycles. The molecule has 0 aromatic heterocycles. The zero-order valence-electron chi connectivity index (χ0n) is 9.67. The molecule has 18 heavy (non-hydrogen) atoms. The number of hydrogen-bond acceptors (Lipinski definition) is 3. The first kappa shape index (κ1) is 14.7. The maximum Gasteiger partial charge on any atom is 0.416 e. The van der Waals surface area contributed by atoms with Crippen molar-refractivity contribution >= 4 is 23.4 Å². The minimum absolute atomic E-state index is 0.0321. The SMILES string of the molecule is CSCCNC(=O)c1cc(C(F)(F)F)ccc1N. The maximum atomic E-state index is 12.5. The van der Waals surface area contributed by atoms with Gasteiger partial charge in [-0.3, -0.25) is 4.79 Å². The average molecular weight is 278 g/mol. The molecule has 0 aliphatic heterocycles. The molecule has 0 atom stereocenters. The number of amides is 1. The lowest BCUT2D eigenvalue weighted by Gasteiger charge is -2.11. The fourth-order valence-electron chi connectivity index (χ4n) is 1.29. The minimum Gasteiger partial charge on any atom is -0.398 e. The molecule has 7 heteroatoms. The number of benzene rings is 1. The number of anilines is 1. The molecule has 0 aliphatic rings. The Morgan fingerprint density at radius 3 is 2.67 bits per heavy atom. The summed E-state index contributed by atoms with van der Waals surface area (Å²) in [6, 6.07) is 2.71. The van der Waals surface area contributed by atoms with Crippen LogP contribution in [0.15, 0.2) is 18.2 Å². The monoisotopic (exact) mass is 278 g/mol. The Morgan fingerprint density at radius 1 is 1.44 bits per heavy atom. The summed E-state index contributed by atoms with van der Waals surface area (Å²) < 4.78 is 37.5. The van der Waals surface area contributed by atoms with Crippen LogP contribution in [-0.2, 0) is 6.18 Å². The normalized spacial score (nSPS) is 11.3. The van der Waals surface area contributed by atoms with Gasteiger partial charge in [-0.25, -0.2) is 0 Å². The van der Waals surface area contributed by atoms with Gasteiger partial charge < -0.3 is 11.1 Å². The summed E-state index contributed by atoms with van der Waals surface area (Å²) >= 11 is 1.52. The highest BCUT2D eigenvalue weighted by molar-refractivity contribution is 7.98. The van der Waals surface area contributed by atoms with E-state index < -0.39 is 17.6 Å². The van der Waals surface area contributed by atoms with Crippen LogP contribution in [0, 0.1) is 0 Å². The number of nitrogen functional groups attached to an aromatic ring is 1. The molecule has 0 aliphatic carbocycles. The molecule has 0 saturated carbocycles. The summed E-state index contributed by atoms with van der Waals surface area (Å²) in [6.07, 6.45) is -2.62. The maximum absolute atomic E-state index is 12.5. The molecule has 0 fully saturated rings. The number of hydrogen-bond donors (Lipinski definition) is 2. The minimum atomic E-state index is -4.48. The van der Waals surface area contributed by atoms with E-state index in [1.165, 1.54) is 11.8 Å². The smallest absolute Gasteiger partial charge is 0.398 e. The number of nitrogens with two attached hydrogens (primary N) is 1. The van der Waals surface area contributed by atoms with Crippen molar-refractivity contribution in [2.24, 2.45) is 0 Å². The Hall–Kier alpha value is -1.37. The predicted octanol–water partition coefficient (Wildman–Crippen LogP) is 2.38. The molecule has 0 saturated heterocycles. The summed E-state index contributed by atoms with van der Waals surface area (Å²) in [5.74, 6) is 0.0950. The summed E-state index contributed by atoms with van der Waals surface area (Å²) in [6.45, 7) is 0.385. The van der Waals surface area contributed by atoms with E-state index in [-0.39, 0.29) is 11.3 Å². The van der Waals surface area contributed by atoms with Crippen molar-refractivity contribution < 1.29 is 18.0 Å². The third kappa shape index (κ3) is 3.83. The number of nitrogens with one attached hydrogen (secondary N) is 1. The summed E-state index contributed by atoms with van der Waals surface area (Å²) in [7, 11) is 0. The van der Waals surface area contributed by atoms with Crippen LogP contribution in [0.3, 0.4) is 0 Å². The van der Waals surface area contributed by atoms with E-state index in [0.717, 1.165) is 18.2 Å². The van der Waals surface area contributed by atoms with Crippen molar-refractivity contribution in [3.8, 4) is 0 Å². The quantitative estimate of drug-likeness (QED) is 0.657. The Bertz CT molecular complexity index is 435. The number of rotatable bonds is 4. The van der Waals surface area contributed by atoms with Gasteiger partial charge in [0, 0.05) is 18.0 Å². The van der Waals surface area contributed by atoms with Gasteiger partial charge in [0.2, 0.25) is 0 Å². The fourth-order valence-corrected chi connectivity index (χ4v) is 1.60. The van der Waals surface area contributed by atoms with Crippen molar-refractivity contribution in [1.82, 2.24) is 5.32 Å². The van der Waals surface area contributed by atoms with Crippen molar-refractivity contribution in [2.75, 3.05) is 24.3 Å². The van der Waals surface area contributed by atoms with E-state index in [1.54, 1.807) is 0 Å². The van der Waals surface area contributed by atoms with Crippen molar-refractivity contribution in [2.45, 2.75) is 6.18 Å². The Kier molecular flexibility index (Phi) is 4.89. The van der Waals surface area contributed by atoms with E-state index >= 15 is 0 Å². The molecule has 1 amide bonds. The second kappa shape index (κ2) is 5.99. The third-order valence-electron chi connectivity index (χ3n) is 2.22. The second-order valence-electron chi connectivity index (χ2n) is 3.55. The van der Waals surface area contributed by atoms with Crippen LogP contribution >= 0.6 is 11.8 Å². The van der Waals surface area contributed by atoms with Gasteiger partial charge in [-0.15, -0.1) is 0 Å². The van der Waals surface area contributed by atoms with E-state index in [0.29, 0.717) is 12.3 Å². The standard InChI is InChI=1S/C11H13F3N2OS/c1-18-5-4-16-10(17)8-6-7(11(12,13)14)2-3-9(8)15/h2-3,6H,4-5,15H2,1H3,(H,16,17). The molecule has 1 aromatic carbocycles. The van der Waals surface area contributed by atoms with E-state index in [1.807, 2.05) is 6.26 Å². The first-order valence-corrected chi connectivity index (χ1v) is 6.49. The summed E-state index contributed by atoms with van der Waals surface area (Å²) in [5, 5.41) is 2.51. The summed E-state index contributed by atoms with van der Waals surface area (Å²) in [5.41, 5.74) is 4.51. The van der Waals surface area contributed by atoms with Crippen LogP contribution in [0.5, 0.6) is 0 Å². The molecular weight excluding hydrogens is 265 g/mol. The van der Waals surface area contributed by atoms with Crippen molar-refractivity contribution in [3.63, 3.8) is 0 Å². The molecule has 100 valence electrons. The van der Waals surface area contributed by atoms with Crippen molar-refractivity contribution in [3.05, 3.63) is 29.3 Å². The van der Waals surface area contributed by atoms with Gasteiger partial charge in [-0.1, -0.05) is 0 Å². The molecule has 0 bridgehead atoms. The van der Waals surface area contributed by atoms with Crippen LogP contribution in [0.25, 0.3) is 0 Å². The van der Waals surface area contributed by atoms with Gasteiger partial charge in [-0.05, 0) is 24.5 Å².